The van der Waals surface area contributed by atoms with Gasteiger partial charge in [0.15, 0.2) is 11.9 Å². The molecular weight excluding hydrogens is 357 g/mol. The summed E-state index contributed by atoms with van der Waals surface area (Å²) in [5, 5.41) is 2.61. The van der Waals surface area contributed by atoms with Crippen molar-refractivity contribution in [2.75, 3.05) is 0 Å². The van der Waals surface area contributed by atoms with Crippen LogP contribution in [0.3, 0.4) is 0 Å². The van der Waals surface area contributed by atoms with Crippen molar-refractivity contribution in [2.24, 2.45) is 0 Å². The van der Waals surface area contributed by atoms with Gasteiger partial charge in [-0.1, -0.05) is 12.1 Å². The van der Waals surface area contributed by atoms with Gasteiger partial charge in [0.1, 0.15) is 5.82 Å². The van der Waals surface area contributed by atoms with Crippen molar-refractivity contribution < 1.29 is 23.5 Å². The van der Waals surface area contributed by atoms with Gasteiger partial charge in [-0.25, -0.2) is 4.39 Å². The maximum atomic E-state index is 12.8. The van der Waals surface area contributed by atoms with Crippen molar-refractivity contribution in [2.45, 2.75) is 39.3 Å². The molecule has 0 fully saturated rings. The van der Waals surface area contributed by atoms with Gasteiger partial charge in [-0.15, -0.1) is 11.3 Å². The summed E-state index contributed by atoms with van der Waals surface area (Å²) in [6.07, 6.45) is -1.00. The fourth-order valence-electron chi connectivity index (χ4n) is 2.17. The van der Waals surface area contributed by atoms with E-state index >= 15 is 0 Å². The summed E-state index contributed by atoms with van der Waals surface area (Å²) in [5.41, 5.74) is 0.732. The summed E-state index contributed by atoms with van der Waals surface area (Å²) in [6, 6.07) is 9.31. The molecule has 2 aromatic rings. The van der Waals surface area contributed by atoms with Crippen LogP contribution in [0.25, 0.3) is 0 Å². The number of nitrogens with one attached hydrogen (secondary N) is 1. The van der Waals surface area contributed by atoms with Crippen LogP contribution in [0, 0.1) is 12.7 Å². The minimum Gasteiger partial charge on any atom is -0.453 e. The predicted octanol–water partition coefficient (Wildman–Crippen LogP) is 3.41. The zero-order chi connectivity index (χ0) is 19.1. The van der Waals surface area contributed by atoms with Crippen LogP contribution in [0.1, 0.15) is 39.9 Å². The first-order valence-corrected chi connectivity index (χ1v) is 8.98. The van der Waals surface area contributed by atoms with E-state index in [2.05, 4.69) is 5.32 Å². The standard InChI is InChI=1S/C19H20FNO4S/c1-12-3-9-17(26-12)16(22)8-10-18(23)25-13(2)19(24)21-11-14-4-6-15(20)7-5-14/h3-7,9,13H,8,10-11H2,1-2H3,(H,21,24)/t13-/m1/s1. The van der Waals surface area contributed by atoms with Gasteiger partial charge in [-0.05, 0) is 43.7 Å². The number of halogens is 1. The van der Waals surface area contributed by atoms with E-state index in [-0.39, 0.29) is 31.0 Å². The van der Waals surface area contributed by atoms with E-state index in [0.717, 1.165) is 10.4 Å². The summed E-state index contributed by atoms with van der Waals surface area (Å²) < 4.78 is 17.9. The van der Waals surface area contributed by atoms with E-state index in [1.807, 2.05) is 13.0 Å². The summed E-state index contributed by atoms with van der Waals surface area (Å²) in [4.78, 5) is 37.4. The van der Waals surface area contributed by atoms with Crippen molar-refractivity contribution >= 4 is 29.0 Å². The fourth-order valence-corrected chi connectivity index (χ4v) is 3.00. The third kappa shape index (κ3) is 6.07. The number of carbonyl (C=O) groups excluding carboxylic acids is 3. The minimum atomic E-state index is -0.970. The second-order valence-electron chi connectivity index (χ2n) is 5.81. The smallest absolute Gasteiger partial charge is 0.307 e. The molecule has 1 aromatic heterocycles. The van der Waals surface area contributed by atoms with E-state index in [4.69, 9.17) is 4.74 Å². The molecule has 0 spiro atoms. The lowest BCUT2D eigenvalue weighted by Crippen LogP contribution is -2.35. The number of benzene rings is 1. The number of hydrogen-bond donors (Lipinski definition) is 1. The van der Waals surface area contributed by atoms with E-state index in [9.17, 15) is 18.8 Å². The third-order valence-corrected chi connectivity index (χ3v) is 4.67. The van der Waals surface area contributed by atoms with Crippen LogP contribution in [0.5, 0.6) is 0 Å². The van der Waals surface area contributed by atoms with E-state index in [1.54, 1.807) is 18.2 Å². The summed E-state index contributed by atoms with van der Waals surface area (Å²) >= 11 is 1.38. The Morgan fingerprint density at radius 1 is 1.12 bits per heavy atom. The number of esters is 1. The highest BCUT2D eigenvalue weighted by molar-refractivity contribution is 7.14. The number of aryl methyl sites for hydroxylation is 1. The van der Waals surface area contributed by atoms with Crippen LogP contribution in [0.15, 0.2) is 36.4 Å². The molecule has 7 heteroatoms. The Morgan fingerprint density at radius 2 is 1.81 bits per heavy atom. The molecule has 1 amide bonds. The van der Waals surface area contributed by atoms with Crippen LogP contribution < -0.4 is 5.32 Å². The quantitative estimate of drug-likeness (QED) is 0.565. The van der Waals surface area contributed by atoms with E-state index < -0.39 is 18.0 Å². The summed E-state index contributed by atoms with van der Waals surface area (Å²) in [5.74, 6) is -1.53. The highest BCUT2D eigenvalue weighted by Gasteiger charge is 2.19. The number of Topliss-reactive ketones (excluding diaryl/α,β-unsaturated/α-hetero) is 1. The minimum absolute atomic E-state index is 0.0444. The van der Waals surface area contributed by atoms with Gasteiger partial charge >= 0.3 is 5.97 Å². The van der Waals surface area contributed by atoms with Crippen LogP contribution >= 0.6 is 11.3 Å². The van der Waals surface area contributed by atoms with Gasteiger partial charge in [-0.3, -0.25) is 14.4 Å². The van der Waals surface area contributed by atoms with Gasteiger partial charge in [-0.2, -0.15) is 0 Å². The Labute approximate surface area is 155 Å². The average molecular weight is 377 g/mol. The molecule has 0 unspecified atom stereocenters. The molecule has 0 saturated heterocycles. The SMILES string of the molecule is Cc1ccc(C(=O)CCC(=O)O[C@H](C)C(=O)NCc2ccc(F)cc2)s1. The monoisotopic (exact) mass is 377 g/mol. The molecule has 26 heavy (non-hydrogen) atoms. The van der Waals surface area contributed by atoms with Gasteiger partial charge in [0.25, 0.3) is 5.91 Å². The van der Waals surface area contributed by atoms with Crippen molar-refractivity contribution in [1.29, 1.82) is 0 Å². The number of rotatable bonds is 8. The molecule has 0 radical (unpaired) electrons. The zero-order valence-electron chi connectivity index (χ0n) is 14.6. The predicted molar refractivity (Wildman–Crippen MR) is 96.4 cm³/mol. The lowest BCUT2D eigenvalue weighted by Gasteiger charge is -2.13. The van der Waals surface area contributed by atoms with Gasteiger partial charge in [0.2, 0.25) is 0 Å². The molecule has 1 atom stereocenters. The number of amides is 1. The number of ether oxygens (including phenoxy) is 1. The highest BCUT2D eigenvalue weighted by Crippen LogP contribution is 2.17. The number of carbonyl (C=O) groups is 3. The van der Waals surface area contributed by atoms with Crippen LogP contribution in [-0.2, 0) is 20.9 Å². The highest BCUT2D eigenvalue weighted by atomic mass is 32.1. The topological polar surface area (TPSA) is 72.5 Å². The van der Waals surface area contributed by atoms with Crippen LogP contribution in [0.2, 0.25) is 0 Å². The van der Waals surface area contributed by atoms with E-state index in [1.165, 1.54) is 30.4 Å². The number of hydrogen-bond acceptors (Lipinski definition) is 5. The van der Waals surface area contributed by atoms with E-state index in [0.29, 0.717) is 4.88 Å². The first-order valence-electron chi connectivity index (χ1n) is 8.16. The Bertz CT molecular complexity index is 785. The molecule has 5 nitrogen and oxygen atoms in total. The first kappa shape index (κ1) is 19.8. The van der Waals surface area contributed by atoms with Crippen molar-refractivity contribution in [1.82, 2.24) is 5.32 Å². The molecule has 0 aliphatic rings. The van der Waals surface area contributed by atoms with Gasteiger partial charge in [0.05, 0.1) is 11.3 Å². The van der Waals surface area contributed by atoms with Crippen LogP contribution in [-0.4, -0.2) is 23.8 Å². The fraction of sp³-hybridized carbons (Fsp3) is 0.316. The average Bonchev–Trinajstić information content (AvgIpc) is 3.05. The third-order valence-electron chi connectivity index (χ3n) is 3.63. The largest absolute Gasteiger partial charge is 0.453 e. The second-order valence-corrected chi connectivity index (χ2v) is 7.10. The maximum absolute atomic E-state index is 12.8. The molecule has 0 aliphatic heterocycles. The molecule has 0 saturated carbocycles. The van der Waals surface area contributed by atoms with Crippen molar-refractivity contribution in [3.05, 3.63) is 57.5 Å². The Balaban J connectivity index is 1.72. The number of ketones is 1. The summed E-state index contributed by atoms with van der Waals surface area (Å²) in [7, 11) is 0. The maximum Gasteiger partial charge on any atom is 0.307 e. The molecule has 1 aromatic carbocycles. The van der Waals surface area contributed by atoms with Gasteiger partial charge in [0, 0.05) is 17.8 Å². The number of thiophene rings is 1. The molecule has 1 N–H and O–H groups in total. The molecule has 1 heterocycles. The Hall–Kier alpha value is -2.54. The summed E-state index contributed by atoms with van der Waals surface area (Å²) in [6.45, 7) is 3.57. The first-order chi connectivity index (χ1) is 12.3. The lowest BCUT2D eigenvalue weighted by molar-refractivity contribution is -0.154. The van der Waals surface area contributed by atoms with Crippen molar-refractivity contribution in [3.63, 3.8) is 0 Å². The van der Waals surface area contributed by atoms with Crippen LogP contribution in [0.4, 0.5) is 4.39 Å². The Kier molecular flexibility index (Phi) is 7.03. The molecule has 2 rings (SSSR count). The lowest BCUT2D eigenvalue weighted by atomic mass is 10.2. The second kappa shape index (κ2) is 9.24. The van der Waals surface area contributed by atoms with Gasteiger partial charge < -0.3 is 10.1 Å². The molecule has 0 aliphatic carbocycles. The normalized spacial score (nSPS) is 11.7. The Morgan fingerprint density at radius 3 is 2.42 bits per heavy atom. The zero-order valence-corrected chi connectivity index (χ0v) is 15.4. The van der Waals surface area contributed by atoms with Crippen molar-refractivity contribution in [3.8, 4) is 0 Å². The molecular formula is C19H20FNO4S. The molecule has 0 bridgehead atoms. The molecule has 138 valence electrons.